The monoisotopic (exact) mass is 767 g/mol. The predicted molar refractivity (Wildman–Crippen MR) is 213 cm³/mol. The Morgan fingerprint density at radius 3 is 2.37 bits per heavy atom. The molecule has 0 radical (unpaired) electrons. The zero-order valence-corrected chi connectivity index (χ0v) is 32.4. The number of pyridine rings is 2. The van der Waals surface area contributed by atoms with Gasteiger partial charge in [0.25, 0.3) is 5.56 Å². The Morgan fingerprint density at radius 1 is 0.963 bits per heavy atom. The van der Waals surface area contributed by atoms with E-state index in [1.165, 1.54) is 11.6 Å². The van der Waals surface area contributed by atoms with Crippen molar-refractivity contribution < 1.29 is 9.53 Å². The molecule has 3 aliphatic rings. The number of anilines is 2. The highest BCUT2D eigenvalue weighted by atomic mass is 35.5. The van der Waals surface area contributed by atoms with Crippen molar-refractivity contribution in [3.63, 3.8) is 0 Å². The minimum atomic E-state index is -0.458. The third kappa shape index (κ3) is 5.97. The Kier molecular flexibility index (Phi) is 9.10. The Balaban J connectivity index is 1.09. The van der Waals surface area contributed by atoms with Crippen molar-refractivity contribution in [2.24, 2.45) is 30.7 Å². The lowest BCUT2D eigenvalue weighted by Crippen LogP contribution is -2.37. The largest absolute Gasteiger partial charge is 0.481 e. The highest BCUT2D eigenvalue weighted by Gasteiger charge is 2.56. The van der Waals surface area contributed by atoms with Crippen LogP contribution in [0.5, 0.6) is 5.88 Å². The van der Waals surface area contributed by atoms with E-state index in [9.17, 15) is 14.4 Å². The molecule has 3 N–H and O–H groups in total. The van der Waals surface area contributed by atoms with Crippen LogP contribution in [0, 0.1) is 17.8 Å². The highest BCUT2D eigenvalue weighted by Crippen LogP contribution is 2.63. The van der Waals surface area contributed by atoms with Gasteiger partial charge in [0.1, 0.15) is 11.2 Å². The molecule has 2 bridgehead atoms. The van der Waals surface area contributed by atoms with Crippen LogP contribution in [0.15, 0.2) is 58.1 Å². The second kappa shape index (κ2) is 13.5. The first-order valence-electron chi connectivity index (χ1n) is 18.3. The fourth-order valence-corrected chi connectivity index (χ4v) is 9.80. The molecular weight excluding hydrogens is 725 g/mol. The smallest absolute Gasteiger partial charge is 0.330 e. The lowest BCUT2D eigenvalue weighted by molar-refractivity contribution is -0.127. The van der Waals surface area contributed by atoms with Crippen molar-refractivity contribution in [3.05, 3.63) is 96.2 Å². The number of hydrogen-bond donors (Lipinski definition) is 2. The number of rotatable bonds is 9. The van der Waals surface area contributed by atoms with Crippen LogP contribution in [0.4, 0.5) is 11.5 Å². The summed E-state index contributed by atoms with van der Waals surface area (Å²) in [5.41, 5.74) is 11.6. The van der Waals surface area contributed by atoms with Gasteiger partial charge < -0.3 is 15.8 Å². The Hall–Kier alpha value is -4.71. The van der Waals surface area contributed by atoms with E-state index in [1.807, 2.05) is 30.3 Å². The van der Waals surface area contributed by atoms with E-state index < -0.39 is 11.2 Å². The number of hydrogen-bond acceptors (Lipinski definition) is 8. The van der Waals surface area contributed by atoms with E-state index in [0.29, 0.717) is 55.5 Å². The maximum atomic E-state index is 13.3. The molecule has 2 aromatic carbocycles. The van der Waals surface area contributed by atoms with Crippen molar-refractivity contribution in [2.45, 2.75) is 58.4 Å². The Labute approximate surface area is 323 Å². The Morgan fingerprint density at radius 2 is 1.67 bits per heavy atom. The minimum Gasteiger partial charge on any atom is -0.481 e. The number of aromatic nitrogens is 4. The summed E-state index contributed by atoms with van der Waals surface area (Å²) in [5.74, 6) is 0.780. The van der Waals surface area contributed by atoms with Gasteiger partial charge in [0.2, 0.25) is 11.8 Å². The molecule has 2 saturated carbocycles. The van der Waals surface area contributed by atoms with E-state index in [4.69, 9.17) is 38.7 Å². The predicted octanol–water partition coefficient (Wildman–Crippen LogP) is 6.91. The number of fused-ring (bicyclic) bond motifs is 4. The van der Waals surface area contributed by atoms with Crippen LogP contribution in [-0.4, -0.2) is 50.1 Å². The number of carbonyl (C=O) groups excluding carboxylic acids is 1. The van der Waals surface area contributed by atoms with Crippen LogP contribution < -0.4 is 27.0 Å². The van der Waals surface area contributed by atoms with Crippen LogP contribution in [0.3, 0.4) is 0 Å². The fraction of sp³-hybridized carbons (Fsp3) is 0.390. The van der Waals surface area contributed by atoms with E-state index >= 15 is 0 Å². The number of amides is 1. The normalized spacial score (nSPS) is 20.7. The van der Waals surface area contributed by atoms with E-state index in [0.717, 1.165) is 85.8 Å². The molecule has 0 atom stereocenters. The fourth-order valence-electron chi connectivity index (χ4n) is 9.20. The van der Waals surface area contributed by atoms with Gasteiger partial charge in [0, 0.05) is 60.5 Å². The topological polar surface area (TPSA) is 137 Å². The van der Waals surface area contributed by atoms with E-state index in [2.05, 4.69) is 21.3 Å². The van der Waals surface area contributed by atoms with Crippen LogP contribution in [0.25, 0.3) is 33.3 Å². The quantitative estimate of drug-likeness (QED) is 0.165. The molecule has 8 rings (SSSR count). The molecule has 1 amide bonds. The molecule has 11 nitrogen and oxygen atoms in total. The summed E-state index contributed by atoms with van der Waals surface area (Å²) >= 11 is 14.4. The third-order valence-corrected chi connectivity index (χ3v) is 13.1. The summed E-state index contributed by atoms with van der Waals surface area (Å²) in [7, 11) is 4.73. The molecule has 5 aromatic rings. The molecule has 0 unspecified atom stereocenters. The number of aryl methyl sites for hydroxylation is 2. The lowest BCUT2D eigenvalue weighted by atomic mass is 9.80. The molecular formula is C41H43Cl2N7O4. The highest BCUT2D eigenvalue weighted by molar-refractivity contribution is 6.39. The number of carbonyl (C=O) groups is 1. The van der Waals surface area contributed by atoms with Gasteiger partial charge in [0.15, 0.2) is 0 Å². The van der Waals surface area contributed by atoms with Gasteiger partial charge in [-0.15, -0.1) is 0 Å². The molecule has 3 aromatic heterocycles. The third-order valence-electron chi connectivity index (χ3n) is 12.3. The molecule has 2 fully saturated rings. The molecule has 13 heteroatoms. The van der Waals surface area contributed by atoms with Crippen molar-refractivity contribution in [1.29, 1.82) is 0 Å². The van der Waals surface area contributed by atoms with Crippen molar-refractivity contribution >= 4 is 51.5 Å². The van der Waals surface area contributed by atoms with Crippen molar-refractivity contribution in [3.8, 4) is 28.3 Å². The first-order chi connectivity index (χ1) is 25.8. The van der Waals surface area contributed by atoms with Crippen LogP contribution in [0.1, 0.15) is 55.3 Å². The summed E-state index contributed by atoms with van der Waals surface area (Å²) in [6, 6.07) is 15.2. The van der Waals surface area contributed by atoms with Crippen molar-refractivity contribution in [2.75, 3.05) is 25.5 Å². The number of benzene rings is 2. The second-order valence-corrected chi connectivity index (χ2v) is 16.2. The summed E-state index contributed by atoms with van der Waals surface area (Å²) in [6.07, 6.45) is 6.86. The molecule has 54 heavy (non-hydrogen) atoms. The molecule has 2 aliphatic carbocycles. The number of ether oxygens (including phenoxy) is 1. The lowest BCUT2D eigenvalue weighted by Gasteiger charge is -2.33. The molecule has 4 heterocycles. The standard InChI is InChI=1S/C41H43Cl2N7O4/c1-23-19-31-32(37(51)49(3)39(53)48(31)2)35(45-23)46-29-10-6-8-27(34(29)43)26-7-5-9-28(33(26)42)30-20-24-21-50(17-11-25(24)36(47-30)54-4)18-16-40-12-14-41(22-40,15-13-40)38(44)52/h5-10,19-20H,11-18,21-22H2,1-4H3,(H2,44,52)(H,45,46). The van der Waals surface area contributed by atoms with Gasteiger partial charge >= 0.3 is 5.69 Å². The van der Waals surface area contributed by atoms with E-state index in [1.54, 1.807) is 33.2 Å². The van der Waals surface area contributed by atoms with Gasteiger partial charge in [-0.05, 0) is 87.6 Å². The zero-order chi connectivity index (χ0) is 38.1. The van der Waals surface area contributed by atoms with Crippen molar-refractivity contribution in [1.82, 2.24) is 24.0 Å². The summed E-state index contributed by atoms with van der Waals surface area (Å²) < 4.78 is 8.34. The average Bonchev–Trinajstić information content (AvgIpc) is 3.74. The summed E-state index contributed by atoms with van der Waals surface area (Å²) in [5, 5.41) is 4.43. The molecule has 0 spiro atoms. The zero-order valence-electron chi connectivity index (χ0n) is 30.9. The van der Waals surface area contributed by atoms with Crippen LogP contribution in [0.2, 0.25) is 10.0 Å². The van der Waals surface area contributed by atoms with Gasteiger partial charge in [-0.25, -0.2) is 14.8 Å². The number of halogens is 2. The molecule has 0 saturated heterocycles. The Bertz CT molecular complexity index is 2490. The summed E-state index contributed by atoms with van der Waals surface area (Å²) in [6.45, 7) is 4.46. The first kappa shape index (κ1) is 36.3. The SMILES string of the molecule is COc1nc(-c2cccc(-c3cccc(Nc4nc(C)cc5c4c(=O)n(C)c(=O)n5C)c3Cl)c2Cl)cc2c1CCN(CCC13CCC(C(N)=O)(CC1)C3)C2. The van der Waals surface area contributed by atoms with Crippen LogP contribution >= 0.6 is 23.2 Å². The first-order valence-corrected chi connectivity index (χ1v) is 19.1. The van der Waals surface area contributed by atoms with E-state index in [-0.39, 0.29) is 22.1 Å². The maximum absolute atomic E-state index is 13.3. The molecule has 1 aliphatic heterocycles. The summed E-state index contributed by atoms with van der Waals surface area (Å²) in [4.78, 5) is 50.3. The minimum absolute atomic E-state index is 0.119. The number of nitrogens with zero attached hydrogens (tertiary/aromatic N) is 5. The van der Waals surface area contributed by atoms with Gasteiger partial charge in [-0.1, -0.05) is 53.5 Å². The number of nitrogens with two attached hydrogens (primary N) is 1. The second-order valence-electron chi connectivity index (χ2n) is 15.4. The van der Waals surface area contributed by atoms with Gasteiger partial charge in [-0.3, -0.25) is 23.6 Å². The average molecular weight is 769 g/mol. The van der Waals surface area contributed by atoms with Gasteiger partial charge in [0.05, 0.1) is 34.1 Å². The van der Waals surface area contributed by atoms with Gasteiger partial charge in [-0.2, -0.15) is 0 Å². The number of nitrogens with one attached hydrogen (secondary N) is 1. The molecule has 280 valence electrons. The maximum Gasteiger partial charge on any atom is 0.330 e. The number of methoxy groups -OCH3 is 1. The van der Waals surface area contributed by atoms with Crippen LogP contribution in [-0.2, 0) is 31.9 Å². The number of primary amides is 1.